The predicted octanol–water partition coefficient (Wildman–Crippen LogP) is 1.85. The van der Waals surface area contributed by atoms with Gasteiger partial charge in [0.15, 0.2) is 11.3 Å². The second kappa shape index (κ2) is 3.33. The fourth-order valence-corrected chi connectivity index (χ4v) is 1.84. The molecule has 0 unspecified atom stereocenters. The van der Waals surface area contributed by atoms with Crippen LogP contribution in [0, 0.1) is 5.92 Å². The Morgan fingerprint density at radius 1 is 1.50 bits per heavy atom. The highest BCUT2D eigenvalue weighted by atomic mass is 16.4. The number of aromatic nitrogens is 1. The summed E-state index contributed by atoms with van der Waals surface area (Å²) in [7, 11) is 0. The van der Waals surface area contributed by atoms with E-state index in [-0.39, 0.29) is 5.75 Å². The molecular formula is C12H11NO3. The molecule has 0 radical (unpaired) electrons. The standard InChI is InChI=1S/C12H11NO3/c14-11-8(6-7-3-4-7)12(15)16-9-2-1-5-13-10(9)11/h1-2,5,7,14H,3-4,6H2. The molecule has 0 aliphatic heterocycles. The summed E-state index contributed by atoms with van der Waals surface area (Å²) < 4.78 is 5.12. The van der Waals surface area contributed by atoms with Crippen LogP contribution in [0.5, 0.6) is 5.75 Å². The Bertz CT molecular complexity index is 599. The summed E-state index contributed by atoms with van der Waals surface area (Å²) in [6, 6.07) is 3.30. The number of hydrogen-bond acceptors (Lipinski definition) is 4. The van der Waals surface area contributed by atoms with Gasteiger partial charge >= 0.3 is 5.63 Å². The van der Waals surface area contributed by atoms with Crippen LogP contribution < -0.4 is 5.63 Å². The predicted molar refractivity (Wildman–Crippen MR) is 58.4 cm³/mol. The highest BCUT2D eigenvalue weighted by Gasteiger charge is 2.26. The van der Waals surface area contributed by atoms with Crippen LogP contribution in [0.1, 0.15) is 18.4 Å². The smallest absolute Gasteiger partial charge is 0.343 e. The van der Waals surface area contributed by atoms with Crippen molar-refractivity contribution in [2.45, 2.75) is 19.3 Å². The van der Waals surface area contributed by atoms with Gasteiger partial charge in [-0.2, -0.15) is 0 Å². The molecule has 2 aromatic rings. The van der Waals surface area contributed by atoms with Crippen molar-refractivity contribution in [1.82, 2.24) is 4.98 Å². The normalized spacial score (nSPS) is 15.5. The fourth-order valence-electron chi connectivity index (χ4n) is 1.84. The van der Waals surface area contributed by atoms with Gasteiger partial charge in [0.1, 0.15) is 5.52 Å². The van der Waals surface area contributed by atoms with Gasteiger partial charge in [-0.3, -0.25) is 0 Å². The number of nitrogens with zero attached hydrogens (tertiary/aromatic N) is 1. The number of rotatable bonds is 2. The van der Waals surface area contributed by atoms with Crippen molar-refractivity contribution < 1.29 is 9.52 Å². The minimum Gasteiger partial charge on any atom is -0.505 e. The van der Waals surface area contributed by atoms with E-state index in [1.165, 1.54) is 0 Å². The molecule has 0 amide bonds. The first kappa shape index (κ1) is 9.39. The summed E-state index contributed by atoms with van der Waals surface area (Å²) in [6.07, 6.45) is 4.42. The van der Waals surface area contributed by atoms with Crippen LogP contribution in [0.15, 0.2) is 27.5 Å². The van der Waals surface area contributed by atoms with E-state index in [9.17, 15) is 9.90 Å². The van der Waals surface area contributed by atoms with Gasteiger partial charge in [0.05, 0.1) is 5.56 Å². The van der Waals surface area contributed by atoms with E-state index in [2.05, 4.69) is 4.98 Å². The quantitative estimate of drug-likeness (QED) is 0.833. The number of pyridine rings is 1. The van der Waals surface area contributed by atoms with Crippen molar-refractivity contribution >= 4 is 11.1 Å². The Morgan fingerprint density at radius 2 is 2.31 bits per heavy atom. The van der Waals surface area contributed by atoms with Gasteiger partial charge in [-0.1, -0.05) is 0 Å². The van der Waals surface area contributed by atoms with E-state index in [1.807, 2.05) is 0 Å². The van der Waals surface area contributed by atoms with Gasteiger partial charge in [-0.25, -0.2) is 9.78 Å². The molecule has 0 bridgehead atoms. The third kappa shape index (κ3) is 1.46. The molecule has 0 spiro atoms. The molecule has 2 heterocycles. The third-order valence-corrected chi connectivity index (χ3v) is 2.92. The van der Waals surface area contributed by atoms with Gasteiger partial charge < -0.3 is 9.52 Å². The molecule has 16 heavy (non-hydrogen) atoms. The van der Waals surface area contributed by atoms with Crippen LogP contribution in [0.2, 0.25) is 0 Å². The topological polar surface area (TPSA) is 63.3 Å². The summed E-state index contributed by atoms with van der Waals surface area (Å²) in [6.45, 7) is 0. The summed E-state index contributed by atoms with van der Waals surface area (Å²) in [5.41, 5.74) is 0.640. The molecule has 2 aromatic heterocycles. The highest BCUT2D eigenvalue weighted by Crippen LogP contribution is 2.35. The lowest BCUT2D eigenvalue weighted by molar-refractivity contribution is 0.452. The second-order valence-corrected chi connectivity index (χ2v) is 4.21. The Balaban J connectivity index is 2.23. The maximum absolute atomic E-state index is 11.7. The molecule has 82 valence electrons. The molecule has 3 rings (SSSR count). The van der Waals surface area contributed by atoms with Crippen molar-refractivity contribution in [2.75, 3.05) is 0 Å². The first-order valence-electron chi connectivity index (χ1n) is 5.35. The maximum Gasteiger partial charge on any atom is 0.343 e. The average Bonchev–Trinajstić information content (AvgIpc) is 3.08. The van der Waals surface area contributed by atoms with Crippen molar-refractivity contribution in [3.63, 3.8) is 0 Å². The summed E-state index contributed by atoms with van der Waals surface area (Å²) in [5, 5.41) is 9.98. The SMILES string of the molecule is O=c1oc2cccnc2c(O)c1CC1CC1. The zero-order valence-corrected chi connectivity index (χ0v) is 8.64. The zero-order valence-electron chi connectivity index (χ0n) is 8.64. The minimum absolute atomic E-state index is 0.0150. The molecule has 4 heteroatoms. The van der Waals surface area contributed by atoms with Crippen molar-refractivity contribution in [3.05, 3.63) is 34.3 Å². The first-order valence-corrected chi connectivity index (χ1v) is 5.35. The molecule has 1 saturated carbocycles. The van der Waals surface area contributed by atoms with E-state index >= 15 is 0 Å². The number of fused-ring (bicyclic) bond motifs is 1. The minimum atomic E-state index is -0.440. The molecule has 0 atom stereocenters. The highest BCUT2D eigenvalue weighted by molar-refractivity contribution is 5.79. The monoisotopic (exact) mass is 217 g/mol. The van der Waals surface area contributed by atoms with Gasteiger partial charge in [-0.15, -0.1) is 0 Å². The molecule has 1 fully saturated rings. The van der Waals surface area contributed by atoms with E-state index in [1.54, 1.807) is 18.3 Å². The van der Waals surface area contributed by atoms with Crippen molar-refractivity contribution in [3.8, 4) is 5.75 Å². The van der Waals surface area contributed by atoms with Crippen molar-refractivity contribution in [1.29, 1.82) is 0 Å². The first-order chi connectivity index (χ1) is 7.75. The van der Waals surface area contributed by atoms with E-state index in [0.29, 0.717) is 29.0 Å². The van der Waals surface area contributed by atoms with E-state index < -0.39 is 5.63 Å². The van der Waals surface area contributed by atoms with Gasteiger partial charge in [0.2, 0.25) is 0 Å². The van der Waals surface area contributed by atoms with Crippen LogP contribution in [-0.4, -0.2) is 10.1 Å². The second-order valence-electron chi connectivity index (χ2n) is 4.21. The Kier molecular flexibility index (Phi) is 1.96. The van der Waals surface area contributed by atoms with Crippen LogP contribution in [-0.2, 0) is 6.42 Å². The Morgan fingerprint density at radius 3 is 3.06 bits per heavy atom. The molecule has 0 saturated heterocycles. The summed E-state index contributed by atoms with van der Waals surface area (Å²) in [4.78, 5) is 15.7. The number of hydrogen-bond donors (Lipinski definition) is 1. The molecule has 1 aliphatic carbocycles. The Labute approximate surface area is 91.5 Å². The summed E-state index contributed by atoms with van der Waals surface area (Å²) >= 11 is 0. The van der Waals surface area contributed by atoms with E-state index in [4.69, 9.17) is 4.42 Å². The Hall–Kier alpha value is -1.84. The zero-order chi connectivity index (χ0) is 11.1. The molecular weight excluding hydrogens is 206 g/mol. The maximum atomic E-state index is 11.7. The van der Waals surface area contributed by atoms with Crippen LogP contribution >= 0.6 is 0 Å². The van der Waals surface area contributed by atoms with Gasteiger partial charge in [-0.05, 0) is 37.3 Å². The lowest BCUT2D eigenvalue weighted by Gasteiger charge is -2.04. The molecule has 1 N–H and O–H groups in total. The van der Waals surface area contributed by atoms with Gasteiger partial charge in [0, 0.05) is 6.20 Å². The number of aromatic hydroxyl groups is 1. The lowest BCUT2D eigenvalue weighted by atomic mass is 10.1. The van der Waals surface area contributed by atoms with E-state index in [0.717, 1.165) is 12.8 Å². The average molecular weight is 217 g/mol. The lowest BCUT2D eigenvalue weighted by Crippen LogP contribution is -2.09. The van der Waals surface area contributed by atoms with Crippen LogP contribution in [0.4, 0.5) is 0 Å². The van der Waals surface area contributed by atoms with Crippen LogP contribution in [0.25, 0.3) is 11.1 Å². The third-order valence-electron chi connectivity index (χ3n) is 2.92. The summed E-state index contributed by atoms with van der Waals surface area (Å²) in [5.74, 6) is 0.508. The fraction of sp³-hybridized carbons (Fsp3) is 0.333. The molecule has 0 aromatic carbocycles. The molecule has 4 nitrogen and oxygen atoms in total. The van der Waals surface area contributed by atoms with Crippen molar-refractivity contribution in [2.24, 2.45) is 5.92 Å². The molecule has 1 aliphatic rings. The van der Waals surface area contributed by atoms with Crippen LogP contribution in [0.3, 0.4) is 0 Å². The largest absolute Gasteiger partial charge is 0.505 e. The van der Waals surface area contributed by atoms with Gasteiger partial charge in [0.25, 0.3) is 0 Å².